The fourth-order valence-electron chi connectivity index (χ4n) is 1.04. The maximum absolute atomic E-state index is 7.07. The van der Waals surface area contributed by atoms with Gasteiger partial charge < -0.3 is 10.2 Å². The Labute approximate surface area is 95.0 Å². The summed E-state index contributed by atoms with van der Waals surface area (Å²) in [4.78, 5) is 5.30. The van der Waals surface area contributed by atoms with Gasteiger partial charge in [0.25, 0.3) is 0 Å². The summed E-state index contributed by atoms with van der Waals surface area (Å²) in [6, 6.07) is 3.91. The largest absolute Gasteiger partial charge is 0.444 e. The maximum atomic E-state index is 7.07. The number of hydrogen-bond acceptors (Lipinski definition) is 5. The van der Waals surface area contributed by atoms with Gasteiger partial charge in [0.15, 0.2) is 5.17 Å². The molecule has 2 aromatic rings. The third-order valence-electron chi connectivity index (χ3n) is 1.66. The molecule has 0 bridgehead atoms. The van der Waals surface area contributed by atoms with Crippen LogP contribution in [0.1, 0.15) is 5.69 Å². The summed E-state index contributed by atoms with van der Waals surface area (Å²) in [6.07, 6.45) is 1.60. The number of nitrogens with one attached hydrogen (secondary N) is 1. The van der Waals surface area contributed by atoms with Gasteiger partial charge in [-0.1, -0.05) is 17.8 Å². The molecule has 0 aliphatic heterocycles. The number of nitrogens with two attached hydrogens (primary N) is 1. The second-order valence-electron chi connectivity index (χ2n) is 2.77. The molecular weight excluding hydrogens is 230 g/mol. The lowest BCUT2D eigenvalue weighted by atomic mass is 10.5. The Kier molecular flexibility index (Phi) is 3.08. The first-order valence-corrected chi connectivity index (χ1v) is 6.07. The Morgan fingerprint density at radius 2 is 2.53 bits per heavy atom. The van der Waals surface area contributed by atoms with Crippen molar-refractivity contribution >= 4 is 28.3 Å². The molecule has 0 spiro atoms. The molecule has 0 aliphatic carbocycles. The average Bonchev–Trinajstić information content (AvgIpc) is 2.85. The van der Waals surface area contributed by atoms with Crippen LogP contribution < -0.4 is 5.73 Å². The Morgan fingerprint density at radius 3 is 3.20 bits per heavy atom. The first-order valence-electron chi connectivity index (χ1n) is 4.21. The van der Waals surface area contributed by atoms with Gasteiger partial charge in [0, 0.05) is 5.75 Å². The summed E-state index contributed by atoms with van der Waals surface area (Å²) in [7, 11) is 0. The number of thiophene rings is 1. The Balaban J connectivity index is 2.08. The third kappa shape index (κ3) is 2.60. The number of oxazole rings is 1. The molecular formula is C9H9N3OS2. The topological polar surface area (TPSA) is 75.9 Å². The number of nitrogens with zero attached hydrogens (tertiary/aromatic N) is 1. The van der Waals surface area contributed by atoms with Gasteiger partial charge in [-0.2, -0.15) is 0 Å². The number of aromatic nitrogens is 1. The van der Waals surface area contributed by atoms with E-state index in [4.69, 9.17) is 15.6 Å². The minimum Gasteiger partial charge on any atom is -0.444 e. The zero-order chi connectivity index (χ0) is 10.7. The molecule has 2 heterocycles. The van der Waals surface area contributed by atoms with Crippen LogP contribution in [0, 0.1) is 5.41 Å². The molecule has 0 saturated carbocycles. The van der Waals surface area contributed by atoms with Gasteiger partial charge in [-0.15, -0.1) is 11.3 Å². The normalized spacial score (nSPS) is 10.4. The van der Waals surface area contributed by atoms with Crippen LogP contribution in [-0.4, -0.2) is 10.2 Å². The summed E-state index contributed by atoms with van der Waals surface area (Å²) in [5.74, 6) is 1.20. The quantitative estimate of drug-likeness (QED) is 0.637. The highest BCUT2D eigenvalue weighted by Gasteiger charge is 2.07. The van der Waals surface area contributed by atoms with Crippen LogP contribution in [0.2, 0.25) is 0 Å². The molecule has 0 fully saturated rings. The molecule has 6 heteroatoms. The molecule has 4 nitrogen and oxygen atoms in total. The van der Waals surface area contributed by atoms with E-state index in [-0.39, 0.29) is 5.17 Å². The maximum Gasteiger partial charge on any atom is 0.236 e. The number of rotatable bonds is 3. The molecule has 0 aromatic carbocycles. The molecule has 2 rings (SSSR count). The summed E-state index contributed by atoms with van der Waals surface area (Å²) in [5.41, 5.74) is 6.04. The van der Waals surface area contributed by atoms with Gasteiger partial charge in [-0.3, -0.25) is 5.41 Å². The van der Waals surface area contributed by atoms with E-state index in [1.165, 1.54) is 11.8 Å². The van der Waals surface area contributed by atoms with Crippen LogP contribution in [0.3, 0.4) is 0 Å². The van der Waals surface area contributed by atoms with Crippen LogP contribution in [0.15, 0.2) is 28.2 Å². The zero-order valence-corrected chi connectivity index (χ0v) is 9.40. The lowest BCUT2D eigenvalue weighted by Crippen LogP contribution is -2.03. The average molecular weight is 239 g/mol. The number of amidine groups is 1. The minimum absolute atomic E-state index is 0.0932. The zero-order valence-electron chi connectivity index (χ0n) is 7.77. The fourth-order valence-corrected chi connectivity index (χ4v) is 2.13. The van der Waals surface area contributed by atoms with Crippen LogP contribution in [0.4, 0.5) is 0 Å². The predicted octanol–water partition coefficient (Wildman–Crippen LogP) is 2.53. The standard InChI is InChI=1S/C9H9N3OS2/c10-9(11)15-5-6-4-13-8(12-6)7-2-1-3-14-7/h1-4H,5H2,(H3,10,11). The highest BCUT2D eigenvalue weighted by atomic mass is 32.2. The van der Waals surface area contributed by atoms with Crippen molar-refractivity contribution in [3.8, 4) is 10.8 Å². The van der Waals surface area contributed by atoms with Gasteiger partial charge in [0.1, 0.15) is 6.26 Å². The molecule has 0 amide bonds. The molecule has 0 saturated heterocycles. The van der Waals surface area contributed by atoms with E-state index in [1.807, 2.05) is 17.5 Å². The van der Waals surface area contributed by atoms with Crippen molar-refractivity contribution in [3.05, 3.63) is 29.5 Å². The van der Waals surface area contributed by atoms with E-state index in [9.17, 15) is 0 Å². The lowest BCUT2D eigenvalue weighted by molar-refractivity contribution is 0.575. The highest BCUT2D eigenvalue weighted by Crippen LogP contribution is 2.24. The SMILES string of the molecule is N=C(N)SCc1coc(-c2cccs2)n1. The smallest absolute Gasteiger partial charge is 0.236 e. The van der Waals surface area contributed by atoms with Crippen molar-refractivity contribution in [1.82, 2.24) is 4.98 Å². The van der Waals surface area contributed by atoms with Crippen molar-refractivity contribution in [2.24, 2.45) is 5.73 Å². The van der Waals surface area contributed by atoms with Crippen LogP contribution >= 0.6 is 23.1 Å². The second-order valence-corrected chi connectivity index (χ2v) is 4.74. The van der Waals surface area contributed by atoms with Gasteiger partial charge in [-0.25, -0.2) is 4.98 Å². The summed E-state index contributed by atoms with van der Waals surface area (Å²) < 4.78 is 5.32. The Morgan fingerprint density at radius 1 is 1.67 bits per heavy atom. The summed E-state index contributed by atoms with van der Waals surface area (Å²) in [5, 5.41) is 9.14. The van der Waals surface area contributed by atoms with Gasteiger partial charge in [0.2, 0.25) is 5.89 Å². The molecule has 15 heavy (non-hydrogen) atoms. The van der Waals surface area contributed by atoms with Crippen molar-refractivity contribution in [2.45, 2.75) is 5.75 Å². The highest BCUT2D eigenvalue weighted by molar-refractivity contribution is 8.13. The monoisotopic (exact) mass is 239 g/mol. The van der Waals surface area contributed by atoms with E-state index in [0.717, 1.165) is 10.6 Å². The lowest BCUT2D eigenvalue weighted by Gasteiger charge is -1.92. The Bertz CT molecular complexity index is 450. The van der Waals surface area contributed by atoms with E-state index >= 15 is 0 Å². The van der Waals surface area contributed by atoms with Gasteiger partial charge in [-0.05, 0) is 11.4 Å². The van der Waals surface area contributed by atoms with E-state index in [1.54, 1.807) is 17.6 Å². The molecule has 0 unspecified atom stereocenters. The van der Waals surface area contributed by atoms with E-state index < -0.39 is 0 Å². The first kappa shape index (κ1) is 10.3. The van der Waals surface area contributed by atoms with Gasteiger partial charge in [0.05, 0.1) is 10.6 Å². The molecule has 0 atom stereocenters. The fraction of sp³-hybridized carbons (Fsp3) is 0.111. The van der Waals surface area contributed by atoms with Gasteiger partial charge >= 0.3 is 0 Å². The number of hydrogen-bond donors (Lipinski definition) is 2. The minimum atomic E-state index is 0.0932. The van der Waals surface area contributed by atoms with E-state index in [2.05, 4.69) is 4.98 Å². The van der Waals surface area contributed by atoms with Crippen molar-refractivity contribution < 1.29 is 4.42 Å². The molecule has 78 valence electrons. The molecule has 0 radical (unpaired) electrons. The van der Waals surface area contributed by atoms with Crippen molar-refractivity contribution in [3.63, 3.8) is 0 Å². The predicted molar refractivity (Wildman–Crippen MR) is 63.0 cm³/mol. The molecule has 0 aliphatic rings. The molecule has 2 aromatic heterocycles. The van der Waals surface area contributed by atoms with Crippen LogP contribution in [0.25, 0.3) is 10.8 Å². The molecule has 3 N–H and O–H groups in total. The summed E-state index contributed by atoms with van der Waals surface area (Å²) >= 11 is 2.82. The number of thioether (sulfide) groups is 1. The Hall–Kier alpha value is -1.27. The first-order chi connectivity index (χ1) is 7.25. The second kappa shape index (κ2) is 4.50. The summed E-state index contributed by atoms with van der Waals surface area (Å²) in [6.45, 7) is 0. The van der Waals surface area contributed by atoms with E-state index in [0.29, 0.717) is 11.6 Å². The van der Waals surface area contributed by atoms with Crippen LogP contribution in [0.5, 0.6) is 0 Å². The van der Waals surface area contributed by atoms with Crippen molar-refractivity contribution in [1.29, 1.82) is 5.41 Å². The van der Waals surface area contributed by atoms with Crippen molar-refractivity contribution in [2.75, 3.05) is 0 Å². The van der Waals surface area contributed by atoms with Crippen LogP contribution in [-0.2, 0) is 5.75 Å². The third-order valence-corrected chi connectivity index (χ3v) is 3.27.